The van der Waals surface area contributed by atoms with Gasteiger partial charge in [0, 0.05) is 34.7 Å². The second-order valence-corrected chi connectivity index (χ2v) is 6.91. The van der Waals surface area contributed by atoms with Crippen LogP contribution in [0.3, 0.4) is 0 Å². The molecule has 0 amide bonds. The SMILES string of the molecule is Cc1cccc(N2CCO[C@@H]2c2ccn(-c3ccccc3Br)c2)c1. The van der Waals surface area contributed by atoms with Crippen LogP contribution in [0, 0.1) is 6.92 Å². The zero-order valence-electron chi connectivity index (χ0n) is 13.5. The number of hydrogen-bond acceptors (Lipinski definition) is 2. The molecule has 24 heavy (non-hydrogen) atoms. The van der Waals surface area contributed by atoms with Gasteiger partial charge >= 0.3 is 0 Å². The van der Waals surface area contributed by atoms with Crippen LogP contribution in [0.15, 0.2) is 71.5 Å². The Bertz CT molecular complexity index is 858. The monoisotopic (exact) mass is 382 g/mol. The van der Waals surface area contributed by atoms with Gasteiger partial charge in [0.25, 0.3) is 0 Å². The van der Waals surface area contributed by atoms with E-state index >= 15 is 0 Å². The van der Waals surface area contributed by atoms with Gasteiger partial charge in [-0.3, -0.25) is 0 Å². The fraction of sp³-hybridized carbons (Fsp3) is 0.200. The van der Waals surface area contributed by atoms with Crippen molar-refractivity contribution in [2.75, 3.05) is 18.1 Å². The highest BCUT2D eigenvalue weighted by molar-refractivity contribution is 9.10. The lowest BCUT2D eigenvalue weighted by molar-refractivity contribution is 0.114. The highest BCUT2D eigenvalue weighted by Gasteiger charge is 2.28. The van der Waals surface area contributed by atoms with Gasteiger partial charge in [0.2, 0.25) is 0 Å². The highest BCUT2D eigenvalue weighted by Crippen LogP contribution is 2.33. The number of para-hydroxylation sites is 1. The summed E-state index contributed by atoms with van der Waals surface area (Å²) in [6, 6.07) is 19.0. The summed E-state index contributed by atoms with van der Waals surface area (Å²) >= 11 is 3.62. The normalized spacial score (nSPS) is 17.4. The largest absolute Gasteiger partial charge is 0.352 e. The van der Waals surface area contributed by atoms with Crippen LogP contribution in [-0.4, -0.2) is 17.7 Å². The number of nitrogens with zero attached hydrogens (tertiary/aromatic N) is 2. The summed E-state index contributed by atoms with van der Waals surface area (Å²) in [5, 5.41) is 0. The van der Waals surface area contributed by atoms with Crippen LogP contribution in [0.4, 0.5) is 5.69 Å². The van der Waals surface area contributed by atoms with Crippen molar-refractivity contribution in [1.82, 2.24) is 4.57 Å². The zero-order valence-corrected chi connectivity index (χ0v) is 15.1. The van der Waals surface area contributed by atoms with Crippen molar-refractivity contribution in [1.29, 1.82) is 0 Å². The topological polar surface area (TPSA) is 17.4 Å². The minimum atomic E-state index is -0.0319. The lowest BCUT2D eigenvalue weighted by atomic mass is 10.2. The van der Waals surface area contributed by atoms with Gasteiger partial charge in [-0.2, -0.15) is 0 Å². The molecule has 2 aromatic carbocycles. The summed E-state index contributed by atoms with van der Waals surface area (Å²) in [6.07, 6.45) is 4.21. The average Bonchev–Trinajstić information content (AvgIpc) is 3.24. The van der Waals surface area contributed by atoms with Crippen molar-refractivity contribution in [2.24, 2.45) is 0 Å². The number of aromatic nitrogens is 1. The second kappa shape index (κ2) is 6.46. The quantitative estimate of drug-likeness (QED) is 0.627. The lowest BCUT2D eigenvalue weighted by Crippen LogP contribution is -2.23. The standard InChI is InChI=1S/C20H19BrN2O/c1-15-5-4-6-17(13-15)23-11-12-24-20(23)16-9-10-22(14-16)19-8-3-2-7-18(19)21/h2-10,13-14,20H,11-12H2,1H3/t20-/m1/s1. The third-order valence-electron chi connectivity index (χ3n) is 4.36. The number of hydrogen-bond donors (Lipinski definition) is 0. The molecule has 1 saturated heterocycles. The van der Waals surface area contributed by atoms with Crippen molar-refractivity contribution in [3.8, 4) is 5.69 Å². The molecule has 122 valence electrons. The first-order valence-corrected chi connectivity index (χ1v) is 8.89. The van der Waals surface area contributed by atoms with Crippen molar-refractivity contribution >= 4 is 21.6 Å². The summed E-state index contributed by atoms with van der Waals surface area (Å²) in [6.45, 7) is 3.78. The minimum absolute atomic E-state index is 0.0319. The first-order chi connectivity index (χ1) is 11.7. The molecule has 2 heterocycles. The van der Waals surface area contributed by atoms with E-state index in [0.717, 1.165) is 23.3 Å². The molecule has 4 heteroatoms. The van der Waals surface area contributed by atoms with E-state index in [1.165, 1.54) is 16.8 Å². The Morgan fingerprint density at radius 1 is 1.08 bits per heavy atom. The maximum absolute atomic E-state index is 6.03. The molecule has 0 bridgehead atoms. The Balaban J connectivity index is 1.65. The summed E-state index contributed by atoms with van der Waals surface area (Å²) in [5.41, 5.74) is 4.78. The predicted octanol–water partition coefficient (Wildman–Crippen LogP) is 5.08. The van der Waals surface area contributed by atoms with E-state index in [4.69, 9.17) is 4.74 Å². The number of anilines is 1. The maximum atomic E-state index is 6.03. The Kier molecular flexibility index (Phi) is 4.17. The molecule has 1 atom stereocenters. The molecular formula is C20H19BrN2O. The van der Waals surface area contributed by atoms with E-state index in [1.54, 1.807) is 0 Å². The summed E-state index contributed by atoms with van der Waals surface area (Å²) in [4.78, 5) is 2.33. The lowest BCUT2D eigenvalue weighted by Gasteiger charge is -2.25. The highest BCUT2D eigenvalue weighted by atomic mass is 79.9. The van der Waals surface area contributed by atoms with Crippen LogP contribution in [0.25, 0.3) is 5.69 Å². The Morgan fingerprint density at radius 3 is 2.79 bits per heavy atom. The molecule has 1 aliphatic rings. The van der Waals surface area contributed by atoms with Crippen molar-refractivity contribution < 1.29 is 4.74 Å². The smallest absolute Gasteiger partial charge is 0.158 e. The molecule has 1 fully saturated rings. The third kappa shape index (κ3) is 2.87. The van der Waals surface area contributed by atoms with E-state index < -0.39 is 0 Å². The van der Waals surface area contributed by atoms with Gasteiger partial charge in [-0.1, -0.05) is 24.3 Å². The molecule has 0 N–H and O–H groups in total. The maximum Gasteiger partial charge on any atom is 0.158 e. The molecule has 1 aliphatic heterocycles. The first kappa shape index (κ1) is 15.5. The summed E-state index contributed by atoms with van der Waals surface area (Å²) in [7, 11) is 0. The van der Waals surface area contributed by atoms with Crippen LogP contribution in [0.5, 0.6) is 0 Å². The van der Waals surface area contributed by atoms with Gasteiger partial charge in [-0.15, -0.1) is 0 Å². The van der Waals surface area contributed by atoms with Gasteiger partial charge in [-0.05, 0) is 58.7 Å². The number of halogens is 1. The van der Waals surface area contributed by atoms with Gasteiger partial charge < -0.3 is 14.2 Å². The first-order valence-electron chi connectivity index (χ1n) is 8.10. The second-order valence-electron chi connectivity index (χ2n) is 6.06. The minimum Gasteiger partial charge on any atom is -0.352 e. The van der Waals surface area contributed by atoms with E-state index in [0.29, 0.717) is 0 Å². The number of benzene rings is 2. The molecular weight excluding hydrogens is 364 g/mol. The van der Waals surface area contributed by atoms with Crippen molar-refractivity contribution in [3.63, 3.8) is 0 Å². The number of rotatable bonds is 3. The van der Waals surface area contributed by atoms with E-state index in [-0.39, 0.29) is 6.23 Å². The fourth-order valence-corrected chi connectivity index (χ4v) is 3.68. The molecule has 0 radical (unpaired) electrons. The van der Waals surface area contributed by atoms with Crippen LogP contribution < -0.4 is 4.90 Å². The van der Waals surface area contributed by atoms with Crippen LogP contribution in [0.1, 0.15) is 17.4 Å². The average molecular weight is 383 g/mol. The molecule has 1 aromatic heterocycles. The van der Waals surface area contributed by atoms with E-state index in [9.17, 15) is 0 Å². The summed E-state index contributed by atoms with van der Waals surface area (Å²) < 4.78 is 9.24. The Labute approximate surface area is 150 Å². The van der Waals surface area contributed by atoms with Crippen molar-refractivity contribution in [3.05, 3.63) is 82.6 Å². The summed E-state index contributed by atoms with van der Waals surface area (Å²) in [5.74, 6) is 0. The van der Waals surface area contributed by atoms with Crippen LogP contribution in [-0.2, 0) is 4.74 Å². The fourth-order valence-electron chi connectivity index (χ4n) is 3.19. The van der Waals surface area contributed by atoms with Gasteiger partial charge in [0.1, 0.15) is 0 Å². The number of ether oxygens (including phenoxy) is 1. The van der Waals surface area contributed by atoms with E-state index in [1.807, 2.05) is 12.1 Å². The molecule has 0 saturated carbocycles. The van der Waals surface area contributed by atoms with Crippen molar-refractivity contribution in [2.45, 2.75) is 13.2 Å². The zero-order chi connectivity index (χ0) is 16.5. The molecule has 0 unspecified atom stereocenters. The molecule has 3 nitrogen and oxygen atoms in total. The Hall–Kier alpha value is -2.04. The molecule has 4 rings (SSSR count). The predicted molar refractivity (Wildman–Crippen MR) is 101 cm³/mol. The van der Waals surface area contributed by atoms with Gasteiger partial charge in [-0.25, -0.2) is 0 Å². The molecule has 3 aromatic rings. The van der Waals surface area contributed by atoms with Crippen LogP contribution in [0.2, 0.25) is 0 Å². The third-order valence-corrected chi connectivity index (χ3v) is 5.03. The van der Waals surface area contributed by atoms with Crippen LogP contribution >= 0.6 is 15.9 Å². The van der Waals surface area contributed by atoms with Gasteiger partial charge in [0.05, 0.1) is 12.3 Å². The number of aryl methyl sites for hydroxylation is 1. The Morgan fingerprint density at radius 2 is 1.96 bits per heavy atom. The molecule has 0 aliphatic carbocycles. The molecule has 0 spiro atoms. The van der Waals surface area contributed by atoms with Gasteiger partial charge in [0.15, 0.2) is 6.23 Å². The van der Waals surface area contributed by atoms with E-state index in [2.05, 4.69) is 87.2 Å².